The van der Waals surface area contributed by atoms with Crippen LogP contribution in [0.25, 0.3) is 0 Å². The molecule has 0 aliphatic heterocycles. The first-order chi connectivity index (χ1) is 14.2. The molecule has 0 unspecified atom stereocenters. The van der Waals surface area contributed by atoms with Crippen molar-refractivity contribution in [1.29, 1.82) is 0 Å². The summed E-state index contributed by atoms with van der Waals surface area (Å²) in [5, 5.41) is 8.95. The third-order valence-electron chi connectivity index (χ3n) is 4.97. The summed E-state index contributed by atoms with van der Waals surface area (Å²) in [5.74, 6) is -0.590. The number of hydrogen-bond donors (Lipinski definition) is 2. The predicted octanol–water partition coefficient (Wildman–Crippen LogP) is 5.09. The van der Waals surface area contributed by atoms with Gasteiger partial charge in [0, 0.05) is 5.69 Å². The number of benzene rings is 3. The highest BCUT2D eigenvalue weighted by molar-refractivity contribution is 7.92. The number of rotatable bonds is 8. The van der Waals surface area contributed by atoms with Gasteiger partial charge >= 0.3 is 5.97 Å². The van der Waals surface area contributed by atoms with Crippen LogP contribution in [0.3, 0.4) is 0 Å². The molecule has 0 radical (unpaired) electrons. The van der Waals surface area contributed by atoms with E-state index in [0.717, 1.165) is 29.5 Å². The number of hydrogen-bond acceptors (Lipinski definition) is 3. The molecule has 6 heteroatoms. The average molecular weight is 424 g/mol. The number of anilines is 1. The zero-order chi connectivity index (χ0) is 21.7. The van der Waals surface area contributed by atoms with Crippen molar-refractivity contribution >= 4 is 21.7 Å². The maximum absolute atomic E-state index is 12.6. The van der Waals surface area contributed by atoms with E-state index in [4.69, 9.17) is 5.11 Å². The fourth-order valence-corrected chi connectivity index (χ4v) is 4.15. The zero-order valence-corrected chi connectivity index (χ0v) is 17.8. The van der Waals surface area contributed by atoms with Crippen molar-refractivity contribution in [2.75, 3.05) is 4.72 Å². The first-order valence-corrected chi connectivity index (χ1v) is 11.3. The Balaban J connectivity index is 1.61. The molecule has 0 amide bonds. The van der Waals surface area contributed by atoms with Gasteiger partial charge in [-0.15, -0.1) is 0 Å². The minimum atomic E-state index is -3.63. The molecule has 0 spiro atoms. The molecule has 0 aliphatic carbocycles. The second-order valence-electron chi connectivity index (χ2n) is 7.53. The number of carbonyl (C=O) groups is 1. The Morgan fingerprint density at radius 1 is 0.833 bits per heavy atom. The van der Waals surface area contributed by atoms with Crippen LogP contribution in [0.1, 0.15) is 46.8 Å². The molecule has 3 aromatic carbocycles. The lowest BCUT2D eigenvalue weighted by Crippen LogP contribution is -2.13. The molecule has 0 saturated carbocycles. The van der Waals surface area contributed by atoms with E-state index in [1.165, 1.54) is 0 Å². The average Bonchev–Trinajstić information content (AvgIpc) is 2.73. The summed E-state index contributed by atoms with van der Waals surface area (Å²) in [5.41, 5.74) is 4.00. The predicted molar refractivity (Wildman–Crippen MR) is 119 cm³/mol. The van der Waals surface area contributed by atoms with Crippen molar-refractivity contribution in [3.63, 3.8) is 0 Å². The molecule has 0 saturated heterocycles. The normalized spacial score (nSPS) is 11.4. The quantitative estimate of drug-likeness (QED) is 0.528. The number of carboxylic acid groups (broad SMARTS) is 1. The summed E-state index contributed by atoms with van der Waals surface area (Å²) in [7, 11) is -3.63. The Bertz CT molecular complexity index is 1100. The molecule has 30 heavy (non-hydrogen) atoms. The van der Waals surface area contributed by atoms with Crippen molar-refractivity contribution in [3.05, 3.63) is 95.1 Å². The van der Waals surface area contributed by atoms with E-state index >= 15 is 0 Å². The zero-order valence-electron chi connectivity index (χ0n) is 17.0. The Morgan fingerprint density at radius 3 is 1.80 bits per heavy atom. The highest BCUT2D eigenvalue weighted by Crippen LogP contribution is 2.20. The van der Waals surface area contributed by atoms with Crippen molar-refractivity contribution < 1.29 is 18.3 Å². The molecule has 0 aliphatic rings. The van der Waals surface area contributed by atoms with E-state index in [1.54, 1.807) is 36.4 Å². The van der Waals surface area contributed by atoms with E-state index in [-0.39, 0.29) is 10.5 Å². The van der Waals surface area contributed by atoms with Crippen LogP contribution in [0.15, 0.2) is 77.7 Å². The van der Waals surface area contributed by atoms with E-state index in [1.807, 2.05) is 36.4 Å². The molecule has 5 nitrogen and oxygen atoms in total. The Hall–Kier alpha value is -3.12. The fourth-order valence-electron chi connectivity index (χ4n) is 3.09. The molecule has 0 aromatic heterocycles. The summed E-state index contributed by atoms with van der Waals surface area (Å²) in [4.78, 5) is 11.1. The van der Waals surface area contributed by atoms with Crippen LogP contribution < -0.4 is 4.72 Å². The van der Waals surface area contributed by atoms with Gasteiger partial charge in [0.15, 0.2) is 0 Å². The Labute approximate surface area is 177 Å². The van der Waals surface area contributed by atoms with Gasteiger partial charge in [0.1, 0.15) is 0 Å². The van der Waals surface area contributed by atoms with Crippen molar-refractivity contribution in [2.45, 2.75) is 37.5 Å². The minimum Gasteiger partial charge on any atom is -0.478 e. The number of aromatic carboxylic acids is 1. The van der Waals surface area contributed by atoms with Gasteiger partial charge in [0.2, 0.25) is 0 Å². The lowest BCUT2D eigenvalue weighted by Gasteiger charge is -2.11. The van der Waals surface area contributed by atoms with Gasteiger partial charge in [0.25, 0.3) is 10.0 Å². The van der Waals surface area contributed by atoms with Gasteiger partial charge in [-0.1, -0.05) is 50.2 Å². The lowest BCUT2D eigenvalue weighted by molar-refractivity contribution is 0.0697. The topological polar surface area (TPSA) is 83.5 Å². The van der Waals surface area contributed by atoms with Crippen LogP contribution in [-0.4, -0.2) is 19.5 Å². The molecule has 2 N–H and O–H groups in total. The molecule has 0 fully saturated rings. The first kappa shape index (κ1) is 21.6. The highest BCUT2D eigenvalue weighted by Gasteiger charge is 2.14. The van der Waals surface area contributed by atoms with E-state index in [9.17, 15) is 13.2 Å². The van der Waals surface area contributed by atoms with Gasteiger partial charge in [-0.3, -0.25) is 4.72 Å². The standard InChI is InChI=1S/C24H25NO4S/c1-17(2)20-11-15-23(16-12-20)30(28,29)25-22-13-7-19(8-14-22)4-3-18-5-9-21(10-6-18)24(26)27/h5-17,25H,3-4H2,1-2H3,(H,26,27). The maximum atomic E-state index is 12.6. The number of carboxylic acids is 1. The smallest absolute Gasteiger partial charge is 0.335 e. The van der Waals surface area contributed by atoms with E-state index in [0.29, 0.717) is 11.6 Å². The third kappa shape index (κ3) is 5.48. The second kappa shape index (κ2) is 9.13. The van der Waals surface area contributed by atoms with Crippen molar-refractivity contribution in [1.82, 2.24) is 0 Å². The fraction of sp³-hybridized carbons (Fsp3) is 0.208. The van der Waals surface area contributed by atoms with Gasteiger partial charge in [-0.25, -0.2) is 13.2 Å². The highest BCUT2D eigenvalue weighted by atomic mass is 32.2. The van der Waals surface area contributed by atoms with Crippen LogP contribution in [0.4, 0.5) is 5.69 Å². The van der Waals surface area contributed by atoms with Crippen LogP contribution >= 0.6 is 0 Å². The van der Waals surface area contributed by atoms with Gasteiger partial charge in [0.05, 0.1) is 10.5 Å². The SMILES string of the molecule is CC(C)c1ccc(S(=O)(=O)Nc2ccc(CCc3ccc(C(=O)O)cc3)cc2)cc1. The monoisotopic (exact) mass is 423 g/mol. The summed E-state index contributed by atoms with van der Waals surface area (Å²) < 4.78 is 27.8. The lowest BCUT2D eigenvalue weighted by atomic mass is 10.0. The summed E-state index contributed by atoms with van der Waals surface area (Å²) in [6.07, 6.45) is 1.54. The minimum absolute atomic E-state index is 0.237. The Kier molecular flexibility index (Phi) is 6.57. The van der Waals surface area contributed by atoms with Crippen LogP contribution in [0.5, 0.6) is 0 Å². The molecular formula is C24H25NO4S. The van der Waals surface area contributed by atoms with Gasteiger partial charge in [-0.05, 0) is 71.8 Å². The largest absolute Gasteiger partial charge is 0.478 e. The molecule has 0 atom stereocenters. The molecule has 3 rings (SSSR count). The number of aryl methyl sites for hydroxylation is 2. The van der Waals surface area contributed by atoms with Gasteiger partial charge < -0.3 is 5.11 Å². The van der Waals surface area contributed by atoms with Crippen molar-refractivity contribution in [2.24, 2.45) is 0 Å². The molecule has 0 bridgehead atoms. The van der Waals surface area contributed by atoms with E-state index in [2.05, 4.69) is 18.6 Å². The summed E-state index contributed by atoms with van der Waals surface area (Å²) in [6, 6.07) is 21.1. The van der Waals surface area contributed by atoms with Crippen LogP contribution in [0.2, 0.25) is 0 Å². The summed E-state index contributed by atoms with van der Waals surface area (Å²) >= 11 is 0. The number of sulfonamides is 1. The molecular weight excluding hydrogens is 398 g/mol. The maximum Gasteiger partial charge on any atom is 0.335 e. The molecule has 0 heterocycles. The number of nitrogens with one attached hydrogen (secondary N) is 1. The Morgan fingerprint density at radius 2 is 1.33 bits per heavy atom. The van der Waals surface area contributed by atoms with Crippen LogP contribution in [-0.2, 0) is 22.9 Å². The van der Waals surface area contributed by atoms with Gasteiger partial charge in [-0.2, -0.15) is 0 Å². The first-order valence-electron chi connectivity index (χ1n) is 9.78. The van der Waals surface area contributed by atoms with Crippen LogP contribution in [0, 0.1) is 0 Å². The summed E-state index contributed by atoms with van der Waals surface area (Å²) in [6.45, 7) is 4.13. The molecule has 3 aromatic rings. The second-order valence-corrected chi connectivity index (χ2v) is 9.21. The molecule has 156 valence electrons. The van der Waals surface area contributed by atoms with E-state index < -0.39 is 16.0 Å². The van der Waals surface area contributed by atoms with Crippen molar-refractivity contribution in [3.8, 4) is 0 Å². The third-order valence-corrected chi connectivity index (χ3v) is 6.36.